The SMILES string of the molecule is CC(Cl)C(=O)OCCS. The zero-order valence-electron chi connectivity index (χ0n) is 5.13. The van der Waals surface area contributed by atoms with Gasteiger partial charge in [0.15, 0.2) is 0 Å². The third-order valence-electron chi connectivity index (χ3n) is 0.660. The fraction of sp³-hybridized carbons (Fsp3) is 0.800. The maximum Gasteiger partial charge on any atom is 0.323 e. The van der Waals surface area contributed by atoms with Gasteiger partial charge < -0.3 is 4.74 Å². The summed E-state index contributed by atoms with van der Waals surface area (Å²) >= 11 is 9.21. The highest BCUT2D eigenvalue weighted by Crippen LogP contribution is 1.96. The lowest BCUT2D eigenvalue weighted by atomic mass is 10.5. The van der Waals surface area contributed by atoms with E-state index < -0.39 is 5.38 Å². The van der Waals surface area contributed by atoms with Crippen LogP contribution in [0.5, 0.6) is 0 Å². The number of alkyl halides is 1. The zero-order valence-corrected chi connectivity index (χ0v) is 6.78. The van der Waals surface area contributed by atoms with E-state index in [0.717, 1.165) is 0 Å². The van der Waals surface area contributed by atoms with Crippen molar-refractivity contribution in [3.63, 3.8) is 0 Å². The first-order valence-electron chi connectivity index (χ1n) is 2.60. The third kappa shape index (κ3) is 4.60. The molecule has 0 saturated carbocycles. The second kappa shape index (κ2) is 4.94. The Bertz CT molecular complexity index is 95.0. The Kier molecular flexibility index (Phi) is 5.00. The molecule has 0 bridgehead atoms. The van der Waals surface area contributed by atoms with E-state index >= 15 is 0 Å². The number of thiol groups is 1. The van der Waals surface area contributed by atoms with Gasteiger partial charge in [0.2, 0.25) is 0 Å². The maximum atomic E-state index is 10.5. The molecule has 0 aliphatic rings. The highest BCUT2D eigenvalue weighted by Gasteiger charge is 2.08. The predicted octanol–water partition coefficient (Wildman–Crippen LogP) is 1.09. The Balaban J connectivity index is 3.28. The summed E-state index contributed by atoms with van der Waals surface area (Å²) in [4.78, 5) is 10.5. The molecule has 2 nitrogen and oxygen atoms in total. The van der Waals surface area contributed by atoms with E-state index in [1.807, 2.05) is 0 Å². The normalized spacial score (nSPS) is 12.8. The van der Waals surface area contributed by atoms with Crippen molar-refractivity contribution < 1.29 is 9.53 Å². The molecule has 9 heavy (non-hydrogen) atoms. The molecule has 1 unspecified atom stereocenters. The first kappa shape index (κ1) is 9.11. The summed E-state index contributed by atoms with van der Waals surface area (Å²) in [6.45, 7) is 1.90. The summed E-state index contributed by atoms with van der Waals surface area (Å²) in [5, 5.41) is -0.551. The molecule has 4 heteroatoms. The van der Waals surface area contributed by atoms with E-state index in [9.17, 15) is 4.79 Å². The summed E-state index contributed by atoms with van der Waals surface area (Å²) in [6, 6.07) is 0. The number of hydrogen-bond acceptors (Lipinski definition) is 3. The van der Waals surface area contributed by atoms with Gasteiger partial charge >= 0.3 is 5.97 Å². The maximum absolute atomic E-state index is 10.5. The number of esters is 1. The molecule has 0 aromatic carbocycles. The second-order valence-corrected chi connectivity index (χ2v) is 2.61. The topological polar surface area (TPSA) is 26.3 Å². The van der Waals surface area contributed by atoms with Crippen molar-refractivity contribution in [2.75, 3.05) is 12.4 Å². The lowest BCUT2D eigenvalue weighted by molar-refractivity contribution is -0.142. The van der Waals surface area contributed by atoms with Crippen molar-refractivity contribution in [1.29, 1.82) is 0 Å². The van der Waals surface area contributed by atoms with Crippen LogP contribution < -0.4 is 0 Å². The molecule has 54 valence electrons. The van der Waals surface area contributed by atoms with Crippen LogP contribution >= 0.6 is 24.2 Å². The molecular formula is C5H9ClO2S. The summed E-state index contributed by atoms with van der Waals surface area (Å²) in [5.74, 6) is 0.153. The van der Waals surface area contributed by atoms with Crippen LogP contribution in [-0.4, -0.2) is 23.7 Å². The van der Waals surface area contributed by atoms with E-state index in [1.54, 1.807) is 6.92 Å². The molecule has 0 aromatic heterocycles. The number of hydrogen-bond donors (Lipinski definition) is 1. The summed E-state index contributed by atoms with van der Waals surface area (Å²) in [7, 11) is 0. The second-order valence-electron chi connectivity index (χ2n) is 1.51. The van der Waals surface area contributed by atoms with E-state index in [2.05, 4.69) is 17.4 Å². The minimum atomic E-state index is -0.551. The summed E-state index contributed by atoms with van der Waals surface area (Å²) in [6.07, 6.45) is 0. The Morgan fingerprint density at radius 1 is 1.89 bits per heavy atom. The molecule has 0 aromatic rings. The lowest BCUT2D eigenvalue weighted by Gasteiger charge is -2.02. The highest BCUT2D eigenvalue weighted by atomic mass is 35.5. The van der Waals surface area contributed by atoms with Gasteiger partial charge in [-0.3, -0.25) is 4.79 Å². The van der Waals surface area contributed by atoms with Gasteiger partial charge in [-0.2, -0.15) is 12.6 Å². The monoisotopic (exact) mass is 168 g/mol. The quantitative estimate of drug-likeness (QED) is 0.388. The van der Waals surface area contributed by atoms with Crippen LogP contribution in [0, 0.1) is 0 Å². The standard InChI is InChI=1S/C5H9ClO2S/c1-4(6)5(7)8-2-3-9/h4,9H,2-3H2,1H3. The van der Waals surface area contributed by atoms with Crippen LogP contribution in [0.15, 0.2) is 0 Å². The molecule has 0 aliphatic heterocycles. The molecule has 0 heterocycles. The van der Waals surface area contributed by atoms with Gasteiger partial charge in [-0.1, -0.05) is 0 Å². The Hall–Kier alpha value is 0.110. The molecule has 0 N–H and O–H groups in total. The first-order chi connectivity index (χ1) is 4.18. The Labute approximate surface area is 64.9 Å². The van der Waals surface area contributed by atoms with Gasteiger partial charge in [0.05, 0.1) is 0 Å². The molecule has 0 fully saturated rings. The fourth-order valence-corrected chi connectivity index (χ4v) is 0.415. The van der Waals surface area contributed by atoms with Crippen LogP contribution in [0.25, 0.3) is 0 Å². The van der Waals surface area contributed by atoms with Crippen LogP contribution in [0.2, 0.25) is 0 Å². The predicted molar refractivity (Wildman–Crippen MR) is 40.1 cm³/mol. The van der Waals surface area contributed by atoms with Crippen LogP contribution in [0.3, 0.4) is 0 Å². The van der Waals surface area contributed by atoms with Crippen molar-refractivity contribution in [1.82, 2.24) is 0 Å². The fourth-order valence-electron chi connectivity index (χ4n) is 0.261. The van der Waals surface area contributed by atoms with Crippen molar-refractivity contribution in [2.45, 2.75) is 12.3 Å². The van der Waals surface area contributed by atoms with Crippen LogP contribution in [0.1, 0.15) is 6.92 Å². The molecule has 0 rings (SSSR count). The molecule has 0 aliphatic carbocycles. The molecule has 0 radical (unpaired) electrons. The minimum absolute atomic E-state index is 0.332. The average molecular weight is 169 g/mol. The van der Waals surface area contributed by atoms with E-state index in [-0.39, 0.29) is 5.97 Å². The largest absolute Gasteiger partial charge is 0.464 e. The zero-order chi connectivity index (χ0) is 7.28. The molecule has 0 amide bonds. The number of ether oxygens (including phenoxy) is 1. The first-order valence-corrected chi connectivity index (χ1v) is 3.67. The van der Waals surface area contributed by atoms with Gasteiger partial charge in [-0.05, 0) is 6.92 Å². The smallest absolute Gasteiger partial charge is 0.323 e. The Morgan fingerprint density at radius 2 is 2.44 bits per heavy atom. The third-order valence-corrected chi connectivity index (χ3v) is 1.02. The van der Waals surface area contributed by atoms with Gasteiger partial charge in [-0.25, -0.2) is 0 Å². The molecular weight excluding hydrogens is 160 g/mol. The van der Waals surface area contributed by atoms with Crippen molar-refractivity contribution in [3.8, 4) is 0 Å². The number of carbonyl (C=O) groups excluding carboxylic acids is 1. The van der Waals surface area contributed by atoms with Crippen molar-refractivity contribution >= 4 is 30.2 Å². The van der Waals surface area contributed by atoms with Gasteiger partial charge in [0.1, 0.15) is 12.0 Å². The Morgan fingerprint density at radius 3 is 2.78 bits per heavy atom. The van der Waals surface area contributed by atoms with E-state index in [0.29, 0.717) is 12.4 Å². The van der Waals surface area contributed by atoms with Gasteiger partial charge in [0, 0.05) is 5.75 Å². The average Bonchev–Trinajstić information content (AvgIpc) is 1.82. The van der Waals surface area contributed by atoms with Crippen LogP contribution in [-0.2, 0) is 9.53 Å². The number of halogens is 1. The van der Waals surface area contributed by atoms with Crippen LogP contribution in [0.4, 0.5) is 0 Å². The number of carbonyl (C=O) groups is 1. The molecule has 0 saturated heterocycles. The molecule has 1 atom stereocenters. The van der Waals surface area contributed by atoms with Crippen molar-refractivity contribution in [3.05, 3.63) is 0 Å². The summed E-state index contributed by atoms with van der Waals surface area (Å²) < 4.78 is 4.61. The van der Waals surface area contributed by atoms with Gasteiger partial charge in [0.25, 0.3) is 0 Å². The minimum Gasteiger partial charge on any atom is -0.464 e. The summed E-state index contributed by atoms with van der Waals surface area (Å²) in [5.41, 5.74) is 0. The lowest BCUT2D eigenvalue weighted by Crippen LogP contribution is -2.15. The highest BCUT2D eigenvalue weighted by molar-refractivity contribution is 7.80. The molecule has 0 spiro atoms. The van der Waals surface area contributed by atoms with E-state index in [1.165, 1.54) is 0 Å². The van der Waals surface area contributed by atoms with E-state index in [4.69, 9.17) is 11.6 Å². The van der Waals surface area contributed by atoms with Crippen molar-refractivity contribution in [2.24, 2.45) is 0 Å². The number of rotatable bonds is 3. The van der Waals surface area contributed by atoms with Gasteiger partial charge in [-0.15, -0.1) is 11.6 Å².